The van der Waals surface area contributed by atoms with Crippen molar-refractivity contribution >= 4 is 50.8 Å². The second-order valence-electron chi connectivity index (χ2n) is 7.00. The van der Waals surface area contributed by atoms with Crippen LogP contribution in [0.1, 0.15) is 22.8 Å². The van der Waals surface area contributed by atoms with Crippen LogP contribution in [0.15, 0.2) is 23.2 Å². The zero-order valence-electron chi connectivity index (χ0n) is 15.2. The molecular formula is C19H18BFN4OS2. The Bertz CT molecular complexity index is 1070. The highest BCUT2D eigenvalue weighted by Gasteiger charge is 2.33. The number of nitrogens with zero attached hydrogens (tertiary/aromatic N) is 3. The molecule has 0 bridgehead atoms. The molecule has 1 aromatic carbocycles. The van der Waals surface area contributed by atoms with Crippen LogP contribution in [0.25, 0.3) is 20.1 Å². The average molecular weight is 412 g/mol. The second-order valence-corrected chi connectivity index (χ2v) is 9.09. The summed E-state index contributed by atoms with van der Waals surface area (Å²) in [6, 6.07) is 5.27. The molecule has 3 N–H and O–H groups in total. The minimum Gasteiger partial charge on any atom is -0.396 e. The lowest BCUT2D eigenvalue weighted by Crippen LogP contribution is -2.31. The third kappa shape index (κ3) is 3.43. The molecular weight excluding hydrogens is 394 g/mol. The molecule has 3 aromatic rings. The molecule has 0 amide bonds. The molecule has 1 aliphatic heterocycles. The average Bonchev–Trinajstić information content (AvgIpc) is 3.24. The van der Waals surface area contributed by atoms with Crippen molar-refractivity contribution < 1.29 is 9.50 Å². The molecule has 1 saturated heterocycles. The Kier molecular flexibility index (Phi) is 5.19. The number of rotatable bonds is 3. The first-order valence-electron chi connectivity index (χ1n) is 8.99. The summed E-state index contributed by atoms with van der Waals surface area (Å²) in [4.78, 5) is 10.6. The fourth-order valence-electron chi connectivity index (χ4n) is 3.66. The Morgan fingerprint density at radius 3 is 2.93 bits per heavy atom. The normalized spacial score (nSPS) is 20.1. The highest BCUT2D eigenvalue weighted by Crippen LogP contribution is 2.42. The Labute approximate surface area is 170 Å². The fourth-order valence-corrected chi connectivity index (χ4v) is 6.07. The monoisotopic (exact) mass is 412 g/mol. The van der Waals surface area contributed by atoms with Gasteiger partial charge < -0.3 is 10.8 Å². The van der Waals surface area contributed by atoms with Gasteiger partial charge in [0.1, 0.15) is 15.7 Å². The number of thiazole rings is 1. The summed E-state index contributed by atoms with van der Waals surface area (Å²) < 4.78 is 15.2. The number of thiophene rings is 1. The van der Waals surface area contributed by atoms with Crippen molar-refractivity contribution in [1.29, 1.82) is 5.26 Å². The number of hydrogen-bond donors (Lipinski definition) is 2. The van der Waals surface area contributed by atoms with E-state index in [2.05, 4.69) is 22.0 Å². The maximum Gasteiger partial charge on any atom is 0.270 e. The highest BCUT2D eigenvalue weighted by atomic mass is 32.1. The largest absolute Gasteiger partial charge is 0.396 e. The highest BCUT2D eigenvalue weighted by molar-refractivity contribution is 7.28. The second kappa shape index (κ2) is 7.62. The van der Waals surface area contributed by atoms with Crippen LogP contribution < -0.4 is 5.73 Å². The standard InChI is InChI=1S/C19H18BFN4OS2/c1-24-8-11-4-10(5-13(21)17(11)23)18-25-19-16(28-18)6-15(27-19)12-2-3-20(9-22)7-14(12)26/h4-6,8,12,14,26H,2-3,7,23H2,1H3. The Morgan fingerprint density at radius 1 is 1.43 bits per heavy atom. The van der Waals surface area contributed by atoms with E-state index in [1.807, 2.05) is 0 Å². The van der Waals surface area contributed by atoms with Crippen molar-refractivity contribution in [2.45, 2.75) is 31.1 Å². The van der Waals surface area contributed by atoms with Gasteiger partial charge in [0.15, 0.2) is 0 Å². The Morgan fingerprint density at radius 2 is 2.25 bits per heavy atom. The van der Waals surface area contributed by atoms with Crippen LogP contribution in [-0.2, 0) is 0 Å². The van der Waals surface area contributed by atoms with Crippen molar-refractivity contribution in [2.24, 2.45) is 4.99 Å². The number of benzene rings is 1. The minimum absolute atomic E-state index is 0.0563. The zero-order chi connectivity index (χ0) is 19.8. The molecule has 2 unspecified atom stereocenters. The number of hydrogen-bond acceptors (Lipinski definition) is 7. The molecule has 5 nitrogen and oxygen atoms in total. The Balaban J connectivity index is 1.64. The number of nitrogens with two attached hydrogens (primary N) is 1. The van der Waals surface area contributed by atoms with Crippen molar-refractivity contribution in [3.63, 3.8) is 0 Å². The van der Waals surface area contributed by atoms with E-state index in [9.17, 15) is 9.50 Å². The van der Waals surface area contributed by atoms with Gasteiger partial charge in [-0.3, -0.25) is 4.99 Å². The van der Waals surface area contributed by atoms with E-state index in [1.165, 1.54) is 23.6 Å². The quantitative estimate of drug-likeness (QED) is 0.383. The minimum atomic E-state index is -0.493. The third-order valence-corrected chi connectivity index (χ3v) is 7.49. The van der Waals surface area contributed by atoms with Gasteiger partial charge in [-0.1, -0.05) is 6.32 Å². The molecule has 0 spiro atoms. The summed E-state index contributed by atoms with van der Waals surface area (Å²) in [6.07, 6.45) is 3.19. The number of aliphatic imine (C=N–C) groups is 1. The van der Waals surface area contributed by atoms with Crippen LogP contribution in [0, 0.1) is 17.0 Å². The van der Waals surface area contributed by atoms with Gasteiger partial charge in [-0.05, 0) is 30.9 Å². The molecule has 0 aliphatic carbocycles. The molecule has 4 rings (SSSR count). The predicted octanol–water partition coefficient (Wildman–Crippen LogP) is 4.20. The van der Waals surface area contributed by atoms with Crippen LogP contribution in [-0.4, -0.2) is 36.2 Å². The van der Waals surface area contributed by atoms with Gasteiger partial charge in [0.05, 0.1) is 16.5 Å². The topological polar surface area (TPSA) is 95.3 Å². The molecule has 1 aliphatic rings. The summed E-state index contributed by atoms with van der Waals surface area (Å²) in [5, 5.41) is 20.2. The predicted molar refractivity (Wildman–Crippen MR) is 115 cm³/mol. The first-order chi connectivity index (χ1) is 13.5. The van der Waals surface area contributed by atoms with Crippen molar-refractivity contribution in [2.75, 3.05) is 12.8 Å². The SMILES string of the molecule is CN=Cc1cc(-c2nc3sc(C4CCB(C#N)CC4O)cc3s2)cc(F)c1N. The van der Waals surface area contributed by atoms with Gasteiger partial charge in [-0.2, -0.15) is 0 Å². The van der Waals surface area contributed by atoms with Crippen molar-refractivity contribution in [3.05, 3.63) is 34.5 Å². The molecule has 9 heteroatoms. The van der Waals surface area contributed by atoms with E-state index < -0.39 is 11.9 Å². The van der Waals surface area contributed by atoms with Crippen molar-refractivity contribution in [3.8, 4) is 16.5 Å². The van der Waals surface area contributed by atoms with Crippen molar-refractivity contribution in [1.82, 2.24) is 4.98 Å². The van der Waals surface area contributed by atoms with Gasteiger partial charge in [0.2, 0.25) is 0 Å². The summed E-state index contributed by atoms with van der Waals surface area (Å²) in [7, 11) is 1.61. The van der Waals surface area contributed by atoms with Crippen LogP contribution in [0.3, 0.4) is 0 Å². The molecule has 2 atom stereocenters. The van der Waals surface area contributed by atoms with Crippen LogP contribution in [0.2, 0.25) is 12.6 Å². The number of nitriles is 1. The molecule has 0 saturated carbocycles. The van der Waals surface area contributed by atoms with Gasteiger partial charge in [-0.25, -0.2) is 14.6 Å². The number of halogens is 1. The van der Waals surface area contributed by atoms with E-state index in [-0.39, 0.29) is 18.3 Å². The number of nitrogen functional groups attached to an aromatic ring is 1. The van der Waals surface area contributed by atoms with Gasteiger partial charge in [0.25, 0.3) is 6.71 Å². The smallest absolute Gasteiger partial charge is 0.270 e. The molecule has 142 valence electrons. The number of aliphatic hydroxyl groups excluding tert-OH is 1. The van der Waals surface area contributed by atoms with Gasteiger partial charge in [-0.15, -0.1) is 22.7 Å². The van der Waals surface area contributed by atoms with Crippen LogP contribution >= 0.6 is 22.7 Å². The van der Waals surface area contributed by atoms with E-state index >= 15 is 0 Å². The number of aliphatic hydroxyl groups is 1. The number of anilines is 1. The van der Waals surface area contributed by atoms with Crippen LogP contribution in [0.5, 0.6) is 0 Å². The Hall–Kier alpha value is -2.28. The molecule has 28 heavy (non-hydrogen) atoms. The first kappa shape index (κ1) is 19.1. The zero-order valence-corrected chi connectivity index (χ0v) is 16.9. The number of fused-ring (bicyclic) bond motifs is 1. The fraction of sp³-hybridized carbons (Fsp3) is 0.316. The molecule has 2 aromatic heterocycles. The molecule has 1 fully saturated rings. The van der Waals surface area contributed by atoms with E-state index in [4.69, 9.17) is 11.0 Å². The summed E-state index contributed by atoms with van der Waals surface area (Å²) >= 11 is 3.06. The van der Waals surface area contributed by atoms with Gasteiger partial charge >= 0.3 is 0 Å². The van der Waals surface area contributed by atoms with Crippen LogP contribution in [0.4, 0.5) is 10.1 Å². The van der Waals surface area contributed by atoms with E-state index in [0.29, 0.717) is 17.4 Å². The van der Waals surface area contributed by atoms with E-state index in [1.54, 1.807) is 24.5 Å². The first-order valence-corrected chi connectivity index (χ1v) is 10.6. The lowest BCUT2D eigenvalue weighted by atomic mass is 9.41. The molecule has 3 heterocycles. The summed E-state index contributed by atoms with van der Waals surface area (Å²) in [5.41, 5.74) is 7.07. The van der Waals surface area contributed by atoms with E-state index in [0.717, 1.165) is 32.2 Å². The third-order valence-electron chi connectivity index (χ3n) is 5.15. The summed E-state index contributed by atoms with van der Waals surface area (Å²) in [6.45, 7) is -0.0571. The number of aromatic nitrogens is 1. The molecule has 0 radical (unpaired) electrons. The van der Waals surface area contributed by atoms with Gasteiger partial charge in [0, 0.05) is 41.2 Å². The summed E-state index contributed by atoms with van der Waals surface area (Å²) in [5.74, 6) is 1.83. The lowest BCUT2D eigenvalue weighted by molar-refractivity contribution is 0.155. The maximum atomic E-state index is 14.2. The maximum absolute atomic E-state index is 14.2. The lowest BCUT2D eigenvalue weighted by Gasteiger charge is -2.27.